The van der Waals surface area contributed by atoms with Crippen LogP contribution in [0.1, 0.15) is 31.2 Å². The lowest BCUT2D eigenvalue weighted by atomic mass is 9.89. The third kappa shape index (κ3) is 4.32. The van der Waals surface area contributed by atoms with Crippen LogP contribution in [0.3, 0.4) is 0 Å². The molecule has 23 heavy (non-hydrogen) atoms. The molecule has 2 atom stereocenters. The Kier molecular flexibility index (Phi) is 5.28. The van der Waals surface area contributed by atoms with Gasteiger partial charge in [-0.05, 0) is 56.3 Å². The number of carbonyl (C=O) groups is 2. The zero-order valence-corrected chi connectivity index (χ0v) is 13.4. The molecular weight excluding hydrogens is 290 g/mol. The first-order chi connectivity index (χ1) is 11.2. The number of anilines is 1. The summed E-state index contributed by atoms with van der Waals surface area (Å²) in [4.78, 5) is 24.1. The van der Waals surface area contributed by atoms with Gasteiger partial charge in [0.15, 0.2) is 0 Å². The minimum Gasteiger partial charge on any atom is -0.356 e. The Morgan fingerprint density at radius 1 is 1.30 bits per heavy atom. The molecule has 0 aliphatic carbocycles. The standard InChI is InChI=1S/C18H25N3O2/c22-17(20-12-13-4-3-9-19-11-13)8-7-15-10-14-5-1-2-6-16(14)21-18(15)23/h1-2,5-6,13,15,19H,3-4,7-12H2,(H,20,22)(H,21,23). The smallest absolute Gasteiger partial charge is 0.227 e. The highest BCUT2D eigenvalue weighted by Gasteiger charge is 2.26. The first kappa shape index (κ1) is 16.0. The molecule has 0 aromatic heterocycles. The summed E-state index contributed by atoms with van der Waals surface area (Å²) in [6.45, 7) is 2.82. The highest BCUT2D eigenvalue weighted by Crippen LogP contribution is 2.27. The van der Waals surface area contributed by atoms with Gasteiger partial charge in [0.25, 0.3) is 0 Å². The van der Waals surface area contributed by atoms with E-state index >= 15 is 0 Å². The van der Waals surface area contributed by atoms with Crippen molar-refractivity contribution >= 4 is 17.5 Å². The maximum atomic E-state index is 12.1. The first-order valence-corrected chi connectivity index (χ1v) is 8.58. The van der Waals surface area contributed by atoms with Crippen LogP contribution in [0.2, 0.25) is 0 Å². The van der Waals surface area contributed by atoms with E-state index in [0.29, 0.717) is 18.8 Å². The van der Waals surface area contributed by atoms with Crippen LogP contribution in [-0.2, 0) is 16.0 Å². The molecule has 3 rings (SSSR count). The predicted octanol–water partition coefficient (Wildman–Crippen LogP) is 1.69. The van der Waals surface area contributed by atoms with Gasteiger partial charge >= 0.3 is 0 Å². The summed E-state index contributed by atoms with van der Waals surface area (Å²) in [5, 5.41) is 9.31. The van der Waals surface area contributed by atoms with Crippen molar-refractivity contribution in [3.8, 4) is 0 Å². The lowest BCUT2D eigenvalue weighted by Gasteiger charge is -2.25. The van der Waals surface area contributed by atoms with Crippen molar-refractivity contribution in [3.05, 3.63) is 29.8 Å². The van der Waals surface area contributed by atoms with E-state index in [0.717, 1.165) is 37.3 Å². The van der Waals surface area contributed by atoms with E-state index in [1.807, 2.05) is 24.3 Å². The minimum absolute atomic E-state index is 0.0352. The fourth-order valence-electron chi connectivity index (χ4n) is 3.40. The van der Waals surface area contributed by atoms with Gasteiger partial charge in [-0.15, -0.1) is 0 Å². The minimum atomic E-state index is -0.105. The van der Waals surface area contributed by atoms with E-state index in [2.05, 4.69) is 16.0 Å². The highest BCUT2D eigenvalue weighted by atomic mass is 16.2. The van der Waals surface area contributed by atoms with Crippen LogP contribution in [0.4, 0.5) is 5.69 Å². The van der Waals surface area contributed by atoms with Crippen molar-refractivity contribution in [1.82, 2.24) is 10.6 Å². The third-order valence-corrected chi connectivity index (χ3v) is 4.82. The van der Waals surface area contributed by atoms with E-state index in [1.54, 1.807) is 0 Å². The molecule has 2 unspecified atom stereocenters. The Hall–Kier alpha value is -1.88. The summed E-state index contributed by atoms with van der Waals surface area (Å²) in [7, 11) is 0. The fraction of sp³-hybridized carbons (Fsp3) is 0.556. The van der Waals surface area contributed by atoms with Gasteiger partial charge in [-0.2, -0.15) is 0 Å². The second-order valence-corrected chi connectivity index (χ2v) is 6.60. The number of hydrogen-bond acceptors (Lipinski definition) is 3. The van der Waals surface area contributed by atoms with Crippen LogP contribution in [0.25, 0.3) is 0 Å². The molecular formula is C18H25N3O2. The van der Waals surface area contributed by atoms with E-state index in [-0.39, 0.29) is 17.7 Å². The van der Waals surface area contributed by atoms with E-state index < -0.39 is 0 Å². The average Bonchev–Trinajstić information content (AvgIpc) is 2.59. The molecule has 2 aliphatic rings. The number of fused-ring (bicyclic) bond motifs is 1. The van der Waals surface area contributed by atoms with Crippen LogP contribution in [0.5, 0.6) is 0 Å². The second-order valence-electron chi connectivity index (χ2n) is 6.60. The highest BCUT2D eigenvalue weighted by molar-refractivity contribution is 5.96. The Balaban J connectivity index is 1.43. The molecule has 1 fully saturated rings. The van der Waals surface area contributed by atoms with Crippen LogP contribution in [0.15, 0.2) is 24.3 Å². The molecule has 0 radical (unpaired) electrons. The maximum absolute atomic E-state index is 12.1. The average molecular weight is 315 g/mol. The first-order valence-electron chi connectivity index (χ1n) is 8.58. The zero-order chi connectivity index (χ0) is 16.1. The number of hydrogen-bond donors (Lipinski definition) is 3. The van der Waals surface area contributed by atoms with Crippen LogP contribution in [0, 0.1) is 11.8 Å². The van der Waals surface area contributed by atoms with Gasteiger partial charge in [-0.3, -0.25) is 9.59 Å². The Morgan fingerprint density at radius 3 is 3.00 bits per heavy atom. The number of nitrogens with one attached hydrogen (secondary N) is 3. The predicted molar refractivity (Wildman–Crippen MR) is 90.1 cm³/mol. The lowest BCUT2D eigenvalue weighted by Crippen LogP contribution is -2.38. The molecule has 0 saturated carbocycles. The van der Waals surface area contributed by atoms with Gasteiger partial charge in [-0.25, -0.2) is 0 Å². The van der Waals surface area contributed by atoms with Crippen molar-refractivity contribution in [2.45, 2.75) is 32.1 Å². The molecule has 1 aromatic carbocycles. The van der Waals surface area contributed by atoms with Gasteiger partial charge in [0, 0.05) is 24.6 Å². The van der Waals surface area contributed by atoms with Crippen molar-refractivity contribution in [1.29, 1.82) is 0 Å². The van der Waals surface area contributed by atoms with Crippen molar-refractivity contribution in [2.75, 3.05) is 25.0 Å². The molecule has 2 aliphatic heterocycles. The molecule has 1 aromatic rings. The summed E-state index contributed by atoms with van der Waals surface area (Å²) in [5.41, 5.74) is 2.06. The van der Waals surface area contributed by atoms with Crippen LogP contribution in [-0.4, -0.2) is 31.4 Å². The lowest BCUT2D eigenvalue weighted by molar-refractivity contribution is -0.123. The summed E-state index contributed by atoms with van der Waals surface area (Å²) < 4.78 is 0. The van der Waals surface area contributed by atoms with Crippen molar-refractivity contribution < 1.29 is 9.59 Å². The van der Waals surface area contributed by atoms with Crippen LogP contribution < -0.4 is 16.0 Å². The van der Waals surface area contributed by atoms with E-state index in [9.17, 15) is 9.59 Å². The number of para-hydroxylation sites is 1. The summed E-state index contributed by atoms with van der Waals surface area (Å²) in [6.07, 6.45) is 4.11. The number of amides is 2. The molecule has 5 nitrogen and oxygen atoms in total. The third-order valence-electron chi connectivity index (χ3n) is 4.82. The number of rotatable bonds is 5. The van der Waals surface area contributed by atoms with E-state index in [4.69, 9.17) is 0 Å². The number of benzene rings is 1. The van der Waals surface area contributed by atoms with Gasteiger partial charge in [-0.1, -0.05) is 18.2 Å². The Morgan fingerprint density at radius 2 is 2.17 bits per heavy atom. The molecule has 5 heteroatoms. The zero-order valence-electron chi connectivity index (χ0n) is 13.4. The maximum Gasteiger partial charge on any atom is 0.227 e. The quantitative estimate of drug-likeness (QED) is 0.774. The van der Waals surface area contributed by atoms with Crippen molar-refractivity contribution in [3.63, 3.8) is 0 Å². The summed E-state index contributed by atoms with van der Waals surface area (Å²) in [5.74, 6) is 0.528. The molecule has 0 spiro atoms. The normalized spacial score (nSPS) is 23.7. The van der Waals surface area contributed by atoms with Gasteiger partial charge < -0.3 is 16.0 Å². The Labute approximate surface area is 137 Å². The second kappa shape index (κ2) is 7.59. The summed E-state index contributed by atoms with van der Waals surface area (Å²) in [6, 6.07) is 7.87. The van der Waals surface area contributed by atoms with Crippen molar-refractivity contribution in [2.24, 2.45) is 11.8 Å². The SMILES string of the molecule is O=C(CCC1Cc2ccccc2NC1=O)NCC1CCCNC1. The molecule has 2 heterocycles. The molecule has 124 valence electrons. The van der Waals surface area contributed by atoms with E-state index in [1.165, 1.54) is 12.8 Å². The monoisotopic (exact) mass is 315 g/mol. The molecule has 1 saturated heterocycles. The molecule has 0 bridgehead atoms. The number of piperidine rings is 1. The molecule has 2 amide bonds. The fourth-order valence-corrected chi connectivity index (χ4v) is 3.40. The molecule has 3 N–H and O–H groups in total. The largest absolute Gasteiger partial charge is 0.356 e. The Bertz CT molecular complexity index is 567. The van der Waals surface area contributed by atoms with Crippen LogP contribution >= 0.6 is 0 Å². The number of carbonyl (C=O) groups excluding carboxylic acids is 2. The topological polar surface area (TPSA) is 70.2 Å². The van der Waals surface area contributed by atoms with Gasteiger partial charge in [0.05, 0.1) is 0 Å². The summed E-state index contributed by atoms with van der Waals surface area (Å²) >= 11 is 0. The van der Waals surface area contributed by atoms with Gasteiger partial charge in [0.2, 0.25) is 11.8 Å². The van der Waals surface area contributed by atoms with Gasteiger partial charge in [0.1, 0.15) is 0 Å².